The zero-order valence-corrected chi connectivity index (χ0v) is 26.1. The summed E-state index contributed by atoms with van der Waals surface area (Å²) < 4.78 is 37.7. The molecule has 0 saturated carbocycles. The molecule has 0 unspecified atom stereocenters. The van der Waals surface area contributed by atoms with Gasteiger partial charge in [-0.05, 0) is 35.2 Å². The van der Waals surface area contributed by atoms with Gasteiger partial charge in [-0.3, -0.25) is 13.9 Å². The summed E-state index contributed by atoms with van der Waals surface area (Å²) in [7, 11) is -1.03. The van der Waals surface area contributed by atoms with Crippen molar-refractivity contribution >= 4 is 39.1 Å². The van der Waals surface area contributed by atoms with Crippen LogP contribution in [-0.2, 0) is 32.6 Å². The molecule has 1 atom stereocenters. The topological polar surface area (TPSA) is 105 Å². The Kier molecular flexibility index (Phi) is 11.6. The van der Waals surface area contributed by atoms with Gasteiger partial charge in [0.05, 0.1) is 26.2 Å². The van der Waals surface area contributed by atoms with Gasteiger partial charge in [0.2, 0.25) is 21.8 Å². The highest BCUT2D eigenvalue weighted by molar-refractivity contribution is 7.92. The summed E-state index contributed by atoms with van der Waals surface area (Å²) in [6, 6.07) is 20.1. The highest BCUT2D eigenvalue weighted by atomic mass is 35.5. The first kappa shape index (κ1) is 32.8. The highest BCUT2D eigenvalue weighted by Gasteiger charge is 2.33. The van der Waals surface area contributed by atoms with Gasteiger partial charge < -0.3 is 19.7 Å². The number of sulfonamides is 1. The zero-order chi connectivity index (χ0) is 30.9. The smallest absolute Gasteiger partial charge is 0.244 e. The van der Waals surface area contributed by atoms with Crippen LogP contribution in [0.25, 0.3) is 0 Å². The van der Waals surface area contributed by atoms with Crippen LogP contribution in [-0.4, -0.2) is 64.7 Å². The van der Waals surface area contributed by atoms with E-state index in [-0.39, 0.29) is 30.5 Å². The lowest BCUT2D eigenvalue weighted by atomic mass is 10.0. The van der Waals surface area contributed by atoms with Crippen LogP contribution in [0.4, 0.5) is 5.69 Å². The lowest BCUT2D eigenvalue weighted by Gasteiger charge is -2.34. The van der Waals surface area contributed by atoms with Crippen molar-refractivity contribution in [2.75, 3.05) is 37.9 Å². The molecule has 0 heterocycles. The van der Waals surface area contributed by atoms with E-state index in [0.29, 0.717) is 28.6 Å². The highest BCUT2D eigenvalue weighted by Crippen LogP contribution is 2.32. The molecule has 2 amide bonds. The van der Waals surface area contributed by atoms with Crippen molar-refractivity contribution in [3.63, 3.8) is 0 Å². The number of rotatable bonds is 14. The Labute approximate surface area is 253 Å². The number of ether oxygens (including phenoxy) is 2. The SMILES string of the molecule is COc1ccc(N(CC(=O)N(Cc2ccccc2Cl)[C@H](Cc2ccccc2)C(=O)NCC(C)C)S(C)(=O)=O)cc1OC. The molecule has 0 saturated heterocycles. The Morgan fingerprint density at radius 3 is 2.17 bits per heavy atom. The average molecular weight is 616 g/mol. The number of halogens is 1. The minimum absolute atomic E-state index is 0.00532. The monoisotopic (exact) mass is 615 g/mol. The van der Waals surface area contributed by atoms with Crippen molar-refractivity contribution in [1.82, 2.24) is 10.2 Å². The Morgan fingerprint density at radius 2 is 1.57 bits per heavy atom. The Morgan fingerprint density at radius 1 is 0.929 bits per heavy atom. The van der Waals surface area contributed by atoms with Crippen LogP contribution in [0.15, 0.2) is 72.8 Å². The van der Waals surface area contributed by atoms with Crippen molar-refractivity contribution in [3.8, 4) is 11.5 Å². The lowest BCUT2D eigenvalue weighted by molar-refractivity contribution is -0.140. The number of hydrogen-bond donors (Lipinski definition) is 1. The third-order valence-corrected chi connectivity index (χ3v) is 8.10. The molecule has 1 N–H and O–H groups in total. The molecule has 0 aliphatic heterocycles. The van der Waals surface area contributed by atoms with E-state index >= 15 is 0 Å². The maximum atomic E-state index is 14.2. The molecule has 0 spiro atoms. The standard InChI is InChI=1S/C31H38ClN3O6S/c1-22(2)19-33-31(37)27(17-23-11-7-6-8-12-23)34(20-24-13-9-10-14-26(24)32)30(36)21-35(42(5,38)39)25-15-16-28(40-3)29(18-25)41-4/h6-16,18,22,27H,17,19-21H2,1-5H3,(H,33,37)/t27-/m1/s1. The number of hydrogen-bond acceptors (Lipinski definition) is 6. The van der Waals surface area contributed by atoms with E-state index in [9.17, 15) is 18.0 Å². The van der Waals surface area contributed by atoms with Crippen LogP contribution < -0.4 is 19.1 Å². The van der Waals surface area contributed by atoms with Crippen molar-refractivity contribution in [2.24, 2.45) is 5.92 Å². The molecule has 226 valence electrons. The fraction of sp³-hybridized carbons (Fsp3) is 0.355. The largest absolute Gasteiger partial charge is 0.493 e. The van der Waals surface area contributed by atoms with Crippen LogP contribution >= 0.6 is 11.6 Å². The molecule has 0 aliphatic rings. The molecule has 0 fully saturated rings. The summed E-state index contributed by atoms with van der Waals surface area (Å²) in [6.45, 7) is 3.81. The summed E-state index contributed by atoms with van der Waals surface area (Å²) in [4.78, 5) is 29.3. The molecule has 9 nitrogen and oxygen atoms in total. The fourth-order valence-corrected chi connectivity index (χ4v) is 5.42. The first-order valence-corrected chi connectivity index (χ1v) is 15.7. The van der Waals surface area contributed by atoms with Gasteiger partial charge in [0.15, 0.2) is 11.5 Å². The number of benzene rings is 3. The Bertz CT molecular complexity index is 1470. The van der Waals surface area contributed by atoms with E-state index in [1.807, 2.05) is 44.2 Å². The predicted octanol–water partition coefficient (Wildman–Crippen LogP) is 4.54. The summed E-state index contributed by atoms with van der Waals surface area (Å²) in [5.41, 5.74) is 1.68. The number of amides is 2. The van der Waals surface area contributed by atoms with Crippen LogP contribution in [0.3, 0.4) is 0 Å². The molecule has 0 aliphatic carbocycles. The van der Waals surface area contributed by atoms with Gasteiger partial charge in [-0.15, -0.1) is 0 Å². The van der Waals surface area contributed by atoms with Gasteiger partial charge in [0, 0.05) is 30.6 Å². The minimum Gasteiger partial charge on any atom is -0.493 e. The molecule has 0 bridgehead atoms. The molecule has 3 aromatic carbocycles. The second kappa shape index (κ2) is 14.9. The van der Waals surface area contributed by atoms with Crippen molar-refractivity contribution < 1.29 is 27.5 Å². The van der Waals surface area contributed by atoms with Crippen molar-refractivity contribution in [3.05, 3.63) is 88.9 Å². The first-order valence-electron chi connectivity index (χ1n) is 13.5. The maximum Gasteiger partial charge on any atom is 0.244 e. The molecule has 3 aromatic rings. The van der Waals surface area contributed by atoms with E-state index in [1.54, 1.807) is 30.3 Å². The molecule has 0 radical (unpaired) electrons. The second-order valence-electron chi connectivity index (χ2n) is 10.3. The third-order valence-electron chi connectivity index (χ3n) is 6.59. The number of methoxy groups -OCH3 is 2. The summed E-state index contributed by atoms with van der Waals surface area (Å²) in [6.07, 6.45) is 1.24. The van der Waals surface area contributed by atoms with Crippen molar-refractivity contribution in [1.29, 1.82) is 0 Å². The van der Waals surface area contributed by atoms with E-state index < -0.39 is 28.5 Å². The van der Waals surface area contributed by atoms with Gasteiger partial charge in [-0.1, -0.05) is 74.0 Å². The zero-order valence-electron chi connectivity index (χ0n) is 24.5. The van der Waals surface area contributed by atoms with Crippen LogP contribution in [0.1, 0.15) is 25.0 Å². The molecule has 11 heteroatoms. The van der Waals surface area contributed by atoms with Crippen LogP contribution in [0.2, 0.25) is 5.02 Å². The number of anilines is 1. The number of nitrogens with zero attached hydrogens (tertiary/aromatic N) is 2. The maximum absolute atomic E-state index is 14.2. The molecule has 0 aromatic heterocycles. The minimum atomic E-state index is -3.94. The summed E-state index contributed by atoms with van der Waals surface area (Å²) in [5, 5.41) is 3.38. The molecular weight excluding hydrogens is 578 g/mol. The summed E-state index contributed by atoms with van der Waals surface area (Å²) >= 11 is 6.49. The van der Waals surface area contributed by atoms with E-state index in [4.69, 9.17) is 21.1 Å². The lowest BCUT2D eigenvalue weighted by Crippen LogP contribution is -2.53. The van der Waals surface area contributed by atoms with Gasteiger partial charge in [-0.2, -0.15) is 0 Å². The first-order chi connectivity index (χ1) is 19.9. The molecule has 42 heavy (non-hydrogen) atoms. The fourth-order valence-electron chi connectivity index (χ4n) is 4.38. The number of carbonyl (C=O) groups is 2. The van der Waals surface area contributed by atoms with Crippen LogP contribution in [0, 0.1) is 5.92 Å². The van der Waals surface area contributed by atoms with E-state index in [2.05, 4.69) is 5.32 Å². The Balaban J connectivity index is 2.08. The average Bonchev–Trinajstić information content (AvgIpc) is 2.96. The van der Waals surface area contributed by atoms with Gasteiger partial charge >= 0.3 is 0 Å². The quantitative estimate of drug-likeness (QED) is 0.286. The number of carbonyl (C=O) groups excluding carboxylic acids is 2. The third kappa shape index (κ3) is 8.87. The number of nitrogens with one attached hydrogen (secondary N) is 1. The normalized spacial score (nSPS) is 12.0. The van der Waals surface area contributed by atoms with Crippen molar-refractivity contribution in [2.45, 2.75) is 32.9 Å². The predicted molar refractivity (Wildman–Crippen MR) is 166 cm³/mol. The van der Waals surface area contributed by atoms with E-state index in [1.165, 1.54) is 31.3 Å². The summed E-state index contributed by atoms with van der Waals surface area (Å²) in [5.74, 6) is -0.0179. The van der Waals surface area contributed by atoms with Gasteiger partial charge in [-0.25, -0.2) is 8.42 Å². The molecule has 3 rings (SSSR count). The van der Waals surface area contributed by atoms with Gasteiger partial charge in [0.1, 0.15) is 12.6 Å². The molecular formula is C31H38ClN3O6S. The van der Waals surface area contributed by atoms with Crippen LogP contribution in [0.5, 0.6) is 11.5 Å². The second-order valence-corrected chi connectivity index (χ2v) is 12.6. The Hall–Kier alpha value is -3.76. The van der Waals surface area contributed by atoms with E-state index in [0.717, 1.165) is 16.1 Å². The van der Waals surface area contributed by atoms with Gasteiger partial charge in [0.25, 0.3) is 0 Å².